The highest BCUT2D eigenvalue weighted by molar-refractivity contribution is 6.50. The van der Waals surface area contributed by atoms with Gasteiger partial charge in [0.05, 0.1) is 26.0 Å². The predicted octanol–water partition coefficient (Wildman–Crippen LogP) is 5.62. The molecular weight excluding hydrogens is 378 g/mol. The molecule has 0 saturated heterocycles. The Kier molecular flexibility index (Phi) is 4.64. The fourth-order valence-electron chi connectivity index (χ4n) is 2.04. The van der Waals surface area contributed by atoms with Crippen LogP contribution in [0.2, 0.25) is 15.1 Å². The van der Waals surface area contributed by atoms with Crippen LogP contribution in [0.25, 0.3) is 22.0 Å². The van der Waals surface area contributed by atoms with Crippen LogP contribution in [0.1, 0.15) is 11.4 Å². The molecule has 2 aromatic carbocycles. The lowest BCUT2D eigenvalue weighted by Crippen LogP contribution is -2.10. The van der Waals surface area contributed by atoms with Crippen molar-refractivity contribution in [2.24, 2.45) is 0 Å². The Morgan fingerprint density at radius 2 is 1.83 bits per heavy atom. The average Bonchev–Trinajstić information content (AvgIpc) is 2.50. The third kappa shape index (κ3) is 3.54. The first-order valence-corrected chi connectivity index (χ1v) is 7.97. The van der Waals surface area contributed by atoms with Crippen molar-refractivity contribution in [3.63, 3.8) is 0 Å². The summed E-state index contributed by atoms with van der Waals surface area (Å²) in [4.78, 5) is 19.1. The average molecular weight is 386 g/mol. The summed E-state index contributed by atoms with van der Waals surface area (Å²) >= 11 is 24.1. The maximum atomic E-state index is 12.1. The highest BCUT2D eigenvalue weighted by Crippen LogP contribution is 2.26. The van der Waals surface area contributed by atoms with Crippen LogP contribution in [0, 0.1) is 0 Å². The number of nitrogens with zero attached hydrogens (tertiary/aromatic N) is 1. The summed E-state index contributed by atoms with van der Waals surface area (Å²) in [6.45, 7) is 0. The summed E-state index contributed by atoms with van der Waals surface area (Å²) in [7, 11) is 0. The number of aromatic amines is 1. The normalized spacial score (nSPS) is 11.9. The van der Waals surface area contributed by atoms with Crippen LogP contribution in [-0.2, 0) is 0 Å². The van der Waals surface area contributed by atoms with E-state index in [2.05, 4.69) is 9.97 Å². The number of rotatable bonds is 2. The van der Waals surface area contributed by atoms with Crippen molar-refractivity contribution in [3.8, 4) is 0 Å². The van der Waals surface area contributed by atoms with Gasteiger partial charge in [-0.05, 0) is 42.0 Å². The minimum Gasteiger partial charge on any atom is -0.305 e. The maximum absolute atomic E-state index is 12.1. The monoisotopic (exact) mass is 384 g/mol. The van der Waals surface area contributed by atoms with Gasteiger partial charge >= 0.3 is 0 Å². The van der Waals surface area contributed by atoms with E-state index in [1.807, 2.05) is 0 Å². The first-order valence-electron chi connectivity index (χ1n) is 6.46. The quantitative estimate of drug-likeness (QED) is 0.622. The largest absolute Gasteiger partial charge is 0.305 e. The van der Waals surface area contributed by atoms with Crippen molar-refractivity contribution < 1.29 is 0 Å². The van der Waals surface area contributed by atoms with Gasteiger partial charge in [-0.15, -0.1) is 0 Å². The van der Waals surface area contributed by atoms with Gasteiger partial charge in [0, 0.05) is 5.02 Å². The van der Waals surface area contributed by atoms with Crippen LogP contribution in [0.3, 0.4) is 0 Å². The predicted molar refractivity (Wildman–Crippen MR) is 97.6 cm³/mol. The number of H-pyrrole nitrogens is 1. The topological polar surface area (TPSA) is 45.8 Å². The molecule has 0 radical (unpaired) electrons. The zero-order chi connectivity index (χ0) is 16.6. The molecule has 0 unspecified atom stereocenters. The van der Waals surface area contributed by atoms with Gasteiger partial charge in [-0.1, -0.05) is 52.5 Å². The van der Waals surface area contributed by atoms with Gasteiger partial charge in [0.15, 0.2) is 5.82 Å². The summed E-state index contributed by atoms with van der Waals surface area (Å²) in [5, 5.41) is 2.06. The van der Waals surface area contributed by atoms with Gasteiger partial charge in [-0.3, -0.25) is 4.79 Å². The van der Waals surface area contributed by atoms with E-state index < -0.39 is 0 Å². The van der Waals surface area contributed by atoms with Crippen LogP contribution >= 0.6 is 46.4 Å². The van der Waals surface area contributed by atoms with Crippen LogP contribution in [0.5, 0.6) is 0 Å². The minimum atomic E-state index is -0.289. The van der Waals surface area contributed by atoms with Gasteiger partial charge < -0.3 is 4.98 Å². The summed E-state index contributed by atoms with van der Waals surface area (Å²) in [6, 6.07) is 9.95. The van der Waals surface area contributed by atoms with Gasteiger partial charge in [0.1, 0.15) is 0 Å². The zero-order valence-corrected chi connectivity index (χ0v) is 14.4. The molecule has 0 fully saturated rings. The van der Waals surface area contributed by atoms with Gasteiger partial charge in [0.25, 0.3) is 5.56 Å². The van der Waals surface area contributed by atoms with Crippen molar-refractivity contribution in [3.05, 3.63) is 73.2 Å². The van der Waals surface area contributed by atoms with Gasteiger partial charge in [-0.2, -0.15) is 0 Å². The van der Waals surface area contributed by atoms with E-state index in [4.69, 9.17) is 46.4 Å². The molecule has 3 nitrogen and oxygen atoms in total. The minimum absolute atomic E-state index is 0.248. The van der Waals surface area contributed by atoms with E-state index in [1.54, 1.807) is 42.5 Å². The number of benzene rings is 2. The van der Waals surface area contributed by atoms with Crippen LogP contribution in [0.15, 0.2) is 41.2 Å². The molecule has 0 atom stereocenters. The Morgan fingerprint density at radius 1 is 1.04 bits per heavy atom. The van der Waals surface area contributed by atoms with E-state index in [1.165, 1.54) is 0 Å². The zero-order valence-electron chi connectivity index (χ0n) is 11.4. The molecule has 1 heterocycles. The lowest BCUT2D eigenvalue weighted by molar-refractivity contribution is 1.14. The van der Waals surface area contributed by atoms with Crippen molar-refractivity contribution >= 4 is 68.4 Å². The molecule has 0 amide bonds. The Balaban J connectivity index is 2.09. The Bertz CT molecular complexity index is 995. The molecular formula is C16H8Cl4N2O. The number of hydrogen-bond donors (Lipinski definition) is 1. The van der Waals surface area contributed by atoms with E-state index in [0.717, 1.165) is 5.56 Å². The van der Waals surface area contributed by atoms with E-state index in [0.29, 0.717) is 26.0 Å². The molecule has 116 valence electrons. The lowest BCUT2D eigenvalue weighted by Gasteiger charge is -2.03. The van der Waals surface area contributed by atoms with Crippen LogP contribution in [0.4, 0.5) is 0 Å². The molecule has 23 heavy (non-hydrogen) atoms. The molecule has 0 aliphatic carbocycles. The fourth-order valence-corrected chi connectivity index (χ4v) is 2.73. The third-order valence-electron chi connectivity index (χ3n) is 3.13. The molecule has 7 heteroatoms. The Labute approximate surface area is 151 Å². The SMILES string of the molecule is O=c1[nH]c(/C(Cl)=C/c2ccc(Cl)c(Cl)c2)nc2cc(Cl)ccc12. The smallest absolute Gasteiger partial charge is 0.259 e. The first-order chi connectivity index (χ1) is 10.9. The van der Waals surface area contributed by atoms with Crippen molar-refractivity contribution in [1.82, 2.24) is 9.97 Å². The van der Waals surface area contributed by atoms with Crippen molar-refractivity contribution in [1.29, 1.82) is 0 Å². The molecule has 3 aromatic rings. The summed E-state index contributed by atoms with van der Waals surface area (Å²) in [5.74, 6) is 0.248. The second-order valence-corrected chi connectivity index (χ2v) is 6.40. The van der Waals surface area contributed by atoms with E-state index in [9.17, 15) is 4.79 Å². The summed E-state index contributed by atoms with van der Waals surface area (Å²) < 4.78 is 0. The molecule has 0 aliphatic rings. The standard InChI is InChI=1S/C16H8Cl4N2O/c17-9-2-3-10-14(7-9)21-15(22-16(10)23)13(20)6-8-1-4-11(18)12(19)5-8/h1-7H,(H,21,22,23)/b13-6-. The van der Waals surface area contributed by atoms with Crippen LogP contribution in [-0.4, -0.2) is 9.97 Å². The molecule has 0 aliphatic heterocycles. The van der Waals surface area contributed by atoms with Crippen LogP contribution < -0.4 is 5.56 Å². The highest BCUT2D eigenvalue weighted by Gasteiger charge is 2.08. The Morgan fingerprint density at radius 3 is 2.57 bits per heavy atom. The molecule has 0 saturated carbocycles. The number of aromatic nitrogens is 2. The molecule has 1 aromatic heterocycles. The summed E-state index contributed by atoms with van der Waals surface area (Å²) in [6.07, 6.45) is 1.64. The lowest BCUT2D eigenvalue weighted by atomic mass is 10.2. The van der Waals surface area contributed by atoms with Gasteiger partial charge in [0.2, 0.25) is 0 Å². The number of hydrogen-bond acceptors (Lipinski definition) is 2. The fraction of sp³-hybridized carbons (Fsp3) is 0. The van der Waals surface area contributed by atoms with E-state index in [-0.39, 0.29) is 16.4 Å². The Hall–Kier alpha value is -1.52. The molecule has 0 spiro atoms. The maximum Gasteiger partial charge on any atom is 0.259 e. The van der Waals surface area contributed by atoms with Crippen molar-refractivity contribution in [2.75, 3.05) is 0 Å². The first kappa shape index (κ1) is 16.3. The van der Waals surface area contributed by atoms with Crippen molar-refractivity contribution in [2.45, 2.75) is 0 Å². The highest BCUT2D eigenvalue weighted by atomic mass is 35.5. The third-order valence-corrected chi connectivity index (χ3v) is 4.39. The second kappa shape index (κ2) is 6.54. The summed E-state index contributed by atoms with van der Waals surface area (Å²) in [5.41, 5.74) is 0.914. The van der Waals surface area contributed by atoms with E-state index >= 15 is 0 Å². The van der Waals surface area contributed by atoms with Gasteiger partial charge in [-0.25, -0.2) is 4.98 Å². The number of fused-ring (bicyclic) bond motifs is 1. The molecule has 0 bridgehead atoms. The molecule has 3 rings (SSSR count). The second-order valence-electron chi connectivity index (χ2n) is 4.74. The number of nitrogens with one attached hydrogen (secondary N) is 1. The number of halogens is 4. The molecule has 1 N–H and O–H groups in total.